The molecule has 2 aliphatic heterocycles. The molecule has 1 saturated heterocycles. The van der Waals surface area contributed by atoms with Crippen LogP contribution in [0.2, 0.25) is 0 Å². The fourth-order valence-corrected chi connectivity index (χ4v) is 4.81. The van der Waals surface area contributed by atoms with Crippen LogP contribution in [-0.2, 0) is 15.8 Å². The van der Waals surface area contributed by atoms with E-state index < -0.39 is 17.6 Å². The number of fused-ring (bicyclic) bond motifs is 1. The molecule has 2 aromatic carbocycles. The molecule has 4 rings (SSSR count). The Kier molecular flexibility index (Phi) is 7.90. The summed E-state index contributed by atoms with van der Waals surface area (Å²) < 4.78 is 52.3. The maximum Gasteiger partial charge on any atom is 0.417 e. The molecule has 2 amide bonds. The summed E-state index contributed by atoms with van der Waals surface area (Å²) in [4.78, 5) is 26.0. The standard InChI is InChI=1S/C25H25F3N2O4S/c26-25(27,28)19-15-17(5-9-23(31)29-10-2-12-30-11-1-3-24(30)32)4-8-22(19)35-18-6-7-20-21(16-18)34-14-13-33-20/h4-9,15-16H,1-3,10-14H2,(H,29,31). The molecule has 1 N–H and O–H groups in total. The fraction of sp³-hybridized carbons (Fsp3) is 0.360. The largest absolute Gasteiger partial charge is 0.486 e. The molecule has 0 aromatic heterocycles. The Hall–Kier alpha value is -3.14. The molecule has 0 saturated carbocycles. The van der Waals surface area contributed by atoms with Gasteiger partial charge in [-0.25, -0.2) is 0 Å². The summed E-state index contributed by atoms with van der Waals surface area (Å²) in [7, 11) is 0. The van der Waals surface area contributed by atoms with Crippen LogP contribution in [0, 0.1) is 0 Å². The molecule has 0 spiro atoms. The van der Waals surface area contributed by atoms with Crippen LogP contribution in [0.1, 0.15) is 30.4 Å². The second-order valence-electron chi connectivity index (χ2n) is 8.12. The van der Waals surface area contributed by atoms with E-state index in [1.54, 1.807) is 29.2 Å². The van der Waals surface area contributed by atoms with Gasteiger partial charge in [-0.2, -0.15) is 13.2 Å². The molecule has 0 bridgehead atoms. The van der Waals surface area contributed by atoms with E-state index in [1.807, 2.05) is 0 Å². The molecule has 10 heteroatoms. The number of amides is 2. The van der Waals surface area contributed by atoms with Gasteiger partial charge in [-0.15, -0.1) is 0 Å². The first-order valence-electron chi connectivity index (χ1n) is 11.3. The van der Waals surface area contributed by atoms with Crippen LogP contribution < -0.4 is 14.8 Å². The maximum absolute atomic E-state index is 13.8. The van der Waals surface area contributed by atoms with Crippen LogP contribution in [0.5, 0.6) is 11.5 Å². The van der Waals surface area contributed by atoms with Crippen molar-refractivity contribution in [3.8, 4) is 11.5 Å². The van der Waals surface area contributed by atoms with E-state index in [0.717, 1.165) is 30.8 Å². The monoisotopic (exact) mass is 506 g/mol. The minimum Gasteiger partial charge on any atom is -0.486 e. The number of ether oxygens (including phenoxy) is 2. The topological polar surface area (TPSA) is 67.9 Å². The zero-order valence-corrected chi connectivity index (χ0v) is 19.7. The number of alkyl halides is 3. The third-order valence-electron chi connectivity index (χ3n) is 5.55. The third kappa shape index (κ3) is 6.72. The first-order chi connectivity index (χ1) is 16.8. The Morgan fingerprint density at radius 2 is 1.91 bits per heavy atom. The van der Waals surface area contributed by atoms with Crippen molar-refractivity contribution >= 4 is 29.7 Å². The molecular weight excluding hydrogens is 481 g/mol. The van der Waals surface area contributed by atoms with Crippen molar-refractivity contribution in [1.82, 2.24) is 10.2 Å². The molecule has 0 aliphatic carbocycles. The van der Waals surface area contributed by atoms with Gasteiger partial charge in [-0.3, -0.25) is 9.59 Å². The lowest BCUT2D eigenvalue weighted by atomic mass is 10.1. The molecule has 0 atom stereocenters. The van der Waals surface area contributed by atoms with Crippen LogP contribution in [0.15, 0.2) is 52.3 Å². The Balaban J connectivity index is 1.37. The van der Waals surface area contributed by atoms with E-state index >= 15 is 0 Å². The number of benzene rings is 2. The quantitative estimate of drug-likeness (QED) is 0.413. The van der Waals surface area contributed by atoms with Crippen LogP contribution in [-0.4, -0.2) is 49.6 Å². The number of nitrogens with one attached hydrogen (secondary N) is 1. The first kappa shape index (κ1) is 25.0. The zero-order chi connectivity index (χ0) is 24.8. The highest BCUT2D eigenvalue weighted by Crippen LogP contribution is 2.42. The predicted molar refractivity (Wildman–Crippen MR) is 125 cm³/mol. The smallest absolute Gasteiger partial charge is 0.417 e. The van der Waals surface area contributed by atoms with Gasteiger partial charge >= 0.3 is 6.18 Å². The van der Waals surface area contributed by atoms with Gasteiger partial charge in [0.05, 0.1) is 5.56 Å². The number of hydrogen-bond donors (Lipinski definition) is 1. The lowest BCUT2D eigenvalue weighted by Crippen LogP contribution is -2.29. The van der Waals surface area contributed by atoms with E-state index in [-0.39, 0.29) is 16.4 Å². The predicted octanol–water partition coefficient (Wildman–Crippen LogP) is 4.77. The number of nitrogens with zero attached hydrogens (tertiary/aromatic N) is 1. The van der Waals surface area contributed by atoms with Crippen LogP contribution in [0.3, 0.4) is 0 Å². The van der Waals surface area contributed by atoms with Crippen molar-refractivity contribution in [2.24, 2.45) is 0 Å². The molecule has 2 heterocycles. The van der Waals surface area contributed by atoms with E-state index in [1.165, 1.54) is 18.2 Å². The Morgan fingerprint density at radius 1 is 1.11 bits per heavy atom. The molecule has 1 fully saturated rings. The van der Waals surface area contributed by atoms with Gasteiger partial charge in [0.25, 0.3) is 0 Å². The van der Waals surface area contributed by atoms with E-state index in [0.29, 0.717) is 55.5 Å². The number of carbonyl (C=O) groups is 2. The lowest BCUT2D eigenvalue weighted by Gasteiger charge is -2.19. The van der Waals surface area contributed by atoms with Crippen LogP contribution >= 0.6 is 11.8 Å². The summed E-state index contributed by atoms with van der Waals surface area (Å²) >= 11 is 0.984. The van der Waals surface area contributed by atoms with Crippen molar-refractivity contribution < 1.29 is 32.2 Å². The fourth-order valence-electron chi connectivity index (χ4n) is 3.83. The van der Waals surface area contributed by atoms with Crippen molar-refractivity contribution in [2.45, 2.75) is 35.2 Å². The maximum atomic E-state index is 13.8. The third-order valence-corrected chi connectivity index (χ3v) is 6.62. The Bertz CT molecular complexity index is 1120. The number of likely N-dealkylation sites (tertiary alicyclic amines) is 1. The molecular formula is C25H25F3N2O4S. The van der Waals surface area contributed by atoms with E-state index in [9.17, 15) is 22.8 Å². The molecule has 2 aromatic rings. The van der Waals surface area contributed by atoms with Crippen molar-refractivity contribution in [3.05, 3.63) is 53.6 Å². The summed E-state index contributed by atoms with van der Waals surface area (Å²) in [5, 5.41) is 2.69. The summed E-state index contributed by atoms with van der Waals surface area (Å²) in [5.41, 5.74) is -0.517. The van der Waals surface area contributed by atoms with E-state index in [2.05, 4.69) is 5.32 Å². The SMILES string of the molecule is O=C(C=Cc1ccc(Sc2ccc3c(c2)OCCO3)c(C(F)(F)F)c1)NCCCN1CCCC1=O. The highest BCUT2D eigenvalue weighted by Gasteiger charge is 2.34. The highest BCUT2D eigenvalue weighted by molar-refractivity contribution is 7.99. The van der Waals surface area contributed by atoms with E-state index in [4.69, 9.17) is 9.47 Å². The van der Waals surface area contributed by atoms with Gasteiger partial charge < -0.3 is 19.7 Å². The summed E-state index contributed by atoms with van der Waals surface area (Å²) in [6.45, 7) is 2.54. The molecule has 6 nitrogen and oxygen atoms in total. The lowest BCUT2D eigenvalue weighted by molar-refractivity contribution is -0.139. The second kappa shape index (κ2) is 11.1. The first-order valence-corrected chi connectivity index (χ1v) is 12.1. The van der Waals surface area contributed by atoms with Gasteiger partial charge in [-0.05, 0) is 54.8 Å². The second-order valence-corrected chi connectivity index (χ2v) is 9.24. The van der Waals surface area contributed by atoms with Gasteiger partial charge in [0.1, 0.15) is 13.2 Å². The van der Waals surface area contributed by atoms with Gasteiger partial charge in [0.15, 0.2) is 11.5 Å². The number of rotatable bonds is 8. The highest BCUT2D eigenvalue weighted by atomic mass is 32.2. The molecule has 186 valence electrons. The summed E-state index contributed by atoms with van der Waals surface area (Å²) in [6.07, 6.45) is 0.0621. The summed E-state index contributed by atoms with van der Waals surface area (Å²) in [5.74, 6) is 0.806. The number of hydrogen-bond acceptors (Lipinski definition) is 5. The number of halogens is 3. The van der Waals surface area contributed by atoms with Gasteiger partial charge in [-0.1, -0.05) is 17.8 Å². The Labute approximate surface area is 205 Å². The average Bonchev–Trinajstić information content (AvgIpc) is 3.25. The average molecular weight is 507 g/mol. The molecule has 35 heavy (non-hydrogen) atoms. The molecule has 0 unspecified atom stereocenters. The minimum atomic E-state index is -4.56. The number of carbonyl (C=O) groups excluding carboxylic acids is 2. The van der Waals surface area contributed by atoms with Crippen molar-refractivity contribution in [1.29, 1.82) is 0 Å². The van der Waals surface area contributed by atoms with Gasteiger partial charge in [0, 0.05) is 41.9 Å². The zero-order valence-electron chi connectivity index (χ0n) is 18.9. The summed E-state index contributed by atoms with van der Waals surface area (Å²) in [6, 6.07) is 9.01. The van der Waals surface area contributed by atoms with Crippen LogP contribution in [0.25, 0.3) is 6.08 Å². The van der Waals surface area contributed by atoms with Crippen LogP contribution in [0.4, 0.5) is 13.2 Å². The van der Waals surface area contributed by atoms with Crippen molar-refractivity contribution in [3.63, 3.8) is 0 Å². The molecule has 0 radical (unpaired) electrons. The normalized spacial score (nSPS) is 15.6. The molecule has 2 aliphatic rings. The van der Waals surface area contributed by atoms with Crippen molar-refractivity contribution in [2.75, 3.05) is 32.8 Å². The Morgan fingerprint density at radius 3 is 2.66 bits per heavy atom. The minimum absolute atomic E-state index is 0.0484. The van der Waals surface area contributed by atoms with Gasteiger partial charge in [0.2, 0.25) is 11.8 Å².